The van der Waals surface area contributed by atoms with Crippen LogP contribution in [-0.4, -0.2) is 54.4 Å². The number of carbonyl (C=O) groups excluding carboxylic acids is 1. The van der Waals surface area contributed by atoms with Gasteiger partial charge in [-0.05, 0) is 26.0 Å². The van der Waals surface area contributed by atoms with Crippen LogP contribution in [0.1, 0.15) is 24.4 Å². The maximum absolute atomic E-state index is 13.3. The van der Waals surface area contributed by atoms with Gasteiger partial charge in [0.25, 0.3) is 5.91 Å². The van der Waals surface area contributed by atoms with Crippen molar-refractivity contribution in [3.63, 3.8) is 0 Å². The summed E-state index contributed by atoms with van der Waals surface area (Å²) in [5.41, 5.74) is 0.804. The number of morpholine rings is 1. The molecule has 0 bridgehead atoms. The van der Waals surface area contributed by atoms with Crippen molar-refractivity contribution >= 4 is 5.91 Å². The first-order chi connectivity index (χ1) is 12.0. The first-order valence-electron chi connectivity index (χ1n) is 8.29. The SMILES string of the molecule is CC(C)(CNC(=O)c1cc(-c2cccc(F)c2)no1)N1CCOCC1. The van der Waals surface area contributed by atoms with Crippen LogP contribution < -0.4 is 5.32 Å². The van der Waals surface area contributed by atoms with Crippen LogP contribution in [0.5, 0.6) is 0 Å². The molecule has 7 heteroatoms. The van der Waals surface area contributed by atoms with Gasteiger partial charge in [-0.25, -0.2) is 4.39 Å². The Morgan fingerprint density at radius 2 is 2.08 bits per heavy atom. The fraction of sp³-hybridized carbons (Fsp3) is 0.444. The molecule has 1 aromatic carbocycles. The van der Waals surface area contributed by atoms with Crippen molar-refractivity contribution in [2.24, 2.45) is 0 Å². The van der Waals surface area contributed by atoms with Gasteiger partial charge in [0.2, 0.25) is 5.76 Å². The quantitative estimate of drug-likeness (QED) is 0.899. The molecule has 0 spiro atoms. The van der Waals surface area contributed by atoms with Gasteiger partial charge in [0, 0.05) is 36.8 Å². The maximum Gasteiger partial charge on any atom is 0.289 e. The molecule has 0 unspecified atom stereocenters. The van der Waals surface area contributed by atoms with Crippen molar-refractivity contribution in [1.82, 2.24) is 15.4 Å². The smallest absolute Gasteiger partial charge is 0.289 e. The Bertz CT molecular complexity index is 739. The van der Waals surface area contributed by atoms with Crippen LogP contribution in [-0.2, 0) is 4.74 Å². The molecule has 1 N–H and O–H groups in total. The molecule has 25 heavy (non-hydrogen) atoms. The number of ether oxygens (including phenoxy) is 1. The van der Waals surface area contributed by atoms with Crippen LogP contribution >= 0.6 is 0 Å². The van der Waals surface area contributed by atoms with Gasteiger partial charge >= 0.3 is 0 Å². The summed E-state index contributed by atoms with van der Waals surface area (Å²) in [7, 11) is 0. The predicted octanol–water partition coefficient (Wildman–Crippen LogP) is 2.32. The largest absolute Gasteiger partial charge is 0.379 e. The van der Waals surface area contributed by atoms with E-state index in [4.69, 9.17) is 9.26 Å². The number of nitrogens with one attached hydrogen (secondary N) is 1. The molecule has 1 aromatic heterocycles. The minimum absolute atomic E-state index is 0.108. The van der Waals surface area contributed by atoms with Crippen LogP contribution in [0, 0.1) is 5.82 Å². The maximum atomic E-state index is 13.3. The molecule has 6 nitrogen and oxygen atoms in total. The van der Waals surface area contributed by atoms with Gasteiger partial charge in [-0.2, -0.15) is 0 Å². The Labute approximate surface area is 145 Å². The Kier molecular flexibility index (Phi) is 5.15. The molecule has 0 atom stereocenters. The highest BCUT2D eigenvalue weighted by Crippen LogP contribution is 2.20. The zero-order valence-corrected chi connectivity index (χ0v) is 14.4. The summed E-state index contributed by atoms with van der Waals surface area (Å²) in [5.74, 6) is -0.590. The van der Waals surface area contributed by atoms with E-state index in [9.17, 15) is 9.18 Å². The summed E-state index contributed by atoms with van der Waals surface area (Å²) in [4.78, 5) is 14.6. The minimum atomic E-state index is -0.362. The van der Waals surface area contributed by atoms with E-state index in [-0.39, 0.29) is 23.0 Å². The van der Waals surface area contributed by atoms with Gasteiger partial charge in [-0.15, -0.1) is 0 Å². The summed E-state index contributed by atoms with van der Waals surface area (Å²) in [6, 6.07) is 7.52. The highest BCUT2D eigenvalue weighted by atomic mass is 19.1. The van der Waals surface area contributed by atoms with Gasteiger partial charge in [0.1, 0.15) is 11.5 Å². The molecule has 3 rings (SSSR count). The second-order valence-corrected chi connectivity index (χ2v) is 6.68. The second-order valence-electron chi connectivity index (χ2n) is 6.68. The van der Waals surface area contributed by atoms with Crippen molar-refractivity contribution in [3.05, 3.63) is 41.9 Å². The van der Waals surface area contributed by atoms with Crippen LogP contribution in [0.3, 0.4) is 0 Å². The van der Waals surface area contributed by atoms with Crippen molar-refractivity contribution in [3.8, 4) is 11.3 Å². The van der Waals surface area contributed by atoms with E-state index in [0.29, 0.717) is 31.0 Å². The number of hydrogen-bond acceptors (Lipinski definition) is 5. The predicted molar refractivity (Wildman–Crippen MR) is 90.7 cm³/mol. The first kappa shape index (κ1) is 17.6. The number of halogens is 1. The van der Waals surface area contributed by atoms with Gasteiger partial charge < -0.3 is 14.6 Å². The lowest BCUT2D eigenvalue weighted by molar-refractivity contribution is -0.00931. The summed E-state index contributed by atoms with van der Waals surface area (Å²) < 4.78 is 23.8. The number of benzene rings is 1. The number of hydrogen-bond donors (Lipinski definition) is 1. The Balaban J connectivity index is 1.62. The molecule has 1 aliphatic heterocycles. The molecule has 1 aliphatic rings. The normalized spacial score (nSPS) is 16.0. The minimum Gasteiger partial charge on any atom is -0.379 e. The third kappa shape index (κ3) is 4.24. The van der Waals surface area contributed by atoms with E-state index in [1.165, 1.54) is 18.2 Å². The summed E-state index contributed by atoms with van der Waals surface area (Å²) in [6.45, 7) is 7.73. The van der Waals surface area contributed by atoms with E-state index in [2.05, 4.69) is 29.2 Å². The number of nitrogens with zero attached hydrogens (tertiary/aromatic N) is 2. The standard InChI is InChI=1S/C18H22FN3O3/c1-18(2,22-6-8-24-9-7-22)12-20-17(23)16-11-15(21-25-16)13-4-3-5-14(19)10-13/h3-5,10-11H,6-9,12H2,1-2H3,(H,20,23). The number of amides is 1. The van der Waals surface area contributed by atoms with Gasteiger partial charge in [0.15, 0.2) is 0 Å². The van der Waals surface area contributed by atoms with E-state index >= 15 is 0 Å². The average Bonchev–Trinajstić information content (AvgIpc) is 3.11. The number of rotatable bonds is 5. The molecule has 0 aliphatic carbocycles. The fourth-order valence-electron chi connectivity index (χ4n) is 2.83. The number of carbonyl (C=O) groups is 1. The molecule has 1 saturated heterocycles. The molecule has 2 aromatic rings. The zero-order chi connectivity index (χ0) is 17.9. The molecule has 0 saturated carbocycles. The van der Waals surface area contributed by atoms with Crippen molar-refractivity contribution in [2.45, 2.75) is 19.4 Å². The fourth-order valence-corrected chi connectivity index (χ4v) is 2.83. The second kappa shape index (κ2) is 7.33. The lowest BCUT2D eigenvalue weighted by Crippen LogP contribution is -2.55. The van der Waals surface area contributed by atoms with Crippen molar-refractivity contribution in [1.29, 1.82) is 0 Å². The molecule has 134 valence electrons. The van der Waals surface area contributed by atoms with Gasteiger partial charge in [0.05, 0.1) is 13.2 Å². The topological polar surface area (TPSA) is 67.6 Å². The summed E-state index contributed by atoms with van der Waals surface area (Å²) in [5, 5.41) is 6.74. The molecule has 2 heterocycles. The van der Waals surface area contributed by atoms with E-state index in [1.54, 1.807) is 12.1 Å². The lowest BCUT2D eigenvalue weighted by Gasteiger charge is -2.40. The van der Waals surface area contributed by atoms with Crippen LogP contribution in [0.2, 0.25) is 0 Å². The average molecular weight is 347 g/mol. The Hall–Kier alpha value is -2.25. The molecule has 1 amide bonds. The molecular weight excluding hydrogens is 325 g/mol. The van der Waals surface area contributed by atoms with E-state index in [1.807, 2.05) is 0 Å². The third-order valence-electron chi connectivity index (χ3n) is 4.40. The lowest BCUT2D eigenvalue weighted by atomic mass is 10.0. The molecular formula is C18H22FN3O3. The van der Waals surface area contributed by atoms with Crippen molar-refractivity contribution in [2.75, 3.05) is 32.8 Å². The Morgan fingerprint density at radius 3 is 2.80 bits per heavy atom. The van der Waals surface area contributed by atoms with E-state index in [0.717, 1.165) is 13.1 Å². The zero-order valence-electron chi connectivity index (χ0n) is 14.4. The summed E-state index contributed by atoms with van der Waals surface area (Å²) >= 11 is 0. The number of aromatic nitrogens is 1. The van der Waals surface area contributed by atoms with E-state index < -0.39 is 0 Å². The summed E-state index contributed by atoms with van der Waals surface area (Å²) in [6.07, 6.45) is 0. The molecule has 0 radical (unpaired) electrons. The van der Waals surface area contributed by atoms with Gasteiger partial charge in [-0.1, -0.05) is 17.3 Å². The van der Waals surface area contributed by atoms with Crippen LogP contribution in [0.15, 0.2) is 34.9 Å². The molecule has 1 fully saturated rings. The highest BCUT2D eigenvalue weighted by Gasteiger charge is 2.29. The highest BCUT2D eigenvalue weighted by molar-refractivity contribution is 5.92. The van der Waals surface area contributed by atoms with Crippen molar-refractivity contribution < 1.29 is 18.4 Å². The van der Waals surface area contributed by atoms with Crippen LogP contribution in [0.25, 0.3) is 11.3 Å². The van der Waals surface area contributed by atoms with Crippen LogP contribution in [0.4, 0.5) is 4.39 Å². The van der Waals surface area contributed by atoms with Gasteiger partial charge in [-0.3, -0.25) is 9.69 Å². The monoisotopic (exact) mass is 347 g/mol. The third-order valence-corrected chi connectivity index (χ3v) is 4.40. The first-order valence-corrected chi connectivity index (χ1v) is 8.29. The Morgan fingerprint density at radius 1 is 1.32 bits per heavy atom.